The molecule has 0 radical (unpaired) electrons. The molecule has 0 unspecified atom stereocenters. The SMILES string of the molecule is C[C@H]1C=C(OS(=O)(=O)C(F)(F)F)CC=N1. The Morgan fingerprint density at radius 3 is 2.60 bits per heavy atom. The number of alkyl halides is 3. The second-order valence-corrected chi connectivity index (χ2v) is 4.43. The fourth-order valence-electron chi connectivity index (χ4n) is 0.939. The molecule has 1 rings (SSSR count). The van der Waals surface area contributed by atoms with E-state index in [1.165, 1.54) is 12.3 Å². The molecule has 0 aromatic rings. The molecule has 1 atom stereocenters. The number of halogens is 3. The van der Waals surface area contributed by atoms with Gasteiger partial charge in [-0.1, -0.05) is 0 Å². The first-order valence-corrected chi connectivity index (χ1v) is 5.36. The Morgan fingerprint density at radius 2 is 2.13 bits per heavy atom. The molecule has 0 amide bonds. The summed E-state index contributed by atoms with van der Waals surface area (Å²) >= 11 is 0. The van der Waals surface area contributed by atoms with Crippen LogP contribution in [-0.2, 0) is 14.3 Å². The van der Waals surface area contributed by atoms with Gasteiger partial charge < -0.3 is 4.18 Å². The normalized spacial score (nSPS) is 22.4. The minimum Gasteiger partial charge on any atom is -0.380 e. The van der Waals surface area contributed by atoms with E-state index in [2.05, 4.69) is 9.18 Å². The molecule has 0 aromatic heterocycles. The predicted molar refractivity (Wildman–Crippen MR) is 46.7 cm³/mol. The number of dihydropyridines is 1. The standard InChI is InChI=1S/C7H8F3NO3S/c1-5-4-6(2-3-11-5)14-15(12,13)7(8,9)10/h3-5H,2H2,1H3/t5-/m0/s1. The lowest BCUT2D eigenvalue weighted by Crippen LogP contribution is -2.26. The average molecular weight is 243 g/mol. The van der Waals surface area contributed by atoms with Crippen LogP contribution in [0.1, 0.15) is 13.3 Å². The van der Waals surface area contributed by atoms with Crippen molar-refractivity contribution >= 4 is 16.3 Å². The maximum absolute atomic E-state index is 11.9. The third-order valence-corrected chi connectivity index (χ3v) is 2.56. The van der Waals surface area contributed by atoms with Gasteiger partial charge in [-0.2, -0.15) is 21.6 Å². The summed E-state index contributed by atoms with van der Waals surface area (Å²) in [4.78, 5) is 3.81. The maximum atomic E-state index is 11.9. The van der Waals surface area contributed by atoms with E-state index in [4.69, 9.17) is 0 Å². The van der Waals surface area contributed by atoms with E-state index in [9.17, 15) is 21.6 Å². The van der Waals surface area contributed by atoms with Gasteiger partial charge in [0.1, 0.15) is 5.76 Å². The smallest absolute Gasteiger partial charge is 0.380 e. The topological polar surface area (TPSA) is 55.7 Å². The second-order valence-electron chi connectivity index (χ2n) is 2.89. The largest absolute Gasteiger partial charge is 0.534 e. The summed E-state index contributed by atoms with van der Waals surface area (Å²) in [6, 6.07) is -0.378. The summed E-state index contributed by atoms with van der Waals surface area (Å²) in [5.74, 6) is -0.255. The molecular weight excluding hydrogens is 235 g/mol. The number of allylic oxidation sites excluding steroid dienone is 1. The van der Waals surface area contributed by atoms with Crippen molar-refractivity contribution in [2.24, 2.45) is 4.99 Å². The molecule has 15 heavy (non-hydrogen) atoms. The lowest BCUT2D eigenvalue weighted by atomic mass is 10.2. The van der Waals surface area contributed by atoms with Gasteiger partial charge in [0.2, 0.25) is 0 Å². The van der Waals surface area contributed by atoms with Crippen molar-refractivity contribution in [1.29, 1.82) is 0 Å². The molecule has 0 spiro atoms. The minimum atomic E-state index is -5.55. The van der Waals surface area contributed by atoms with Crippen molar-refractivity contribution in [2.45, 2.75) is 24.9 Å². The van der Waals surface area contributed by atoms with Gasteiger partial charge in [-0.25, -0.2) is 0 Å². The molecule has 0 fully saturated rings. The summed E-state index contributed by atoms with van der Waals surface area (Å²) in [6.45, 7) is 1.60. The summed E-state index contributed by atoms with van der Waals surface area (Å²) in [6.07, 6.45) is 2.48. The average Bonchev–Trinajstić information content (AvgIpc) is 2.00. The highest BCUT2D eigenvalue weighted by molar-refractivity contribution is 7.87. The van der Waals surface area contributed by atoms with Gasteiger partial charge in [0.25, 0.3) is 0 Å². The van der Waals surface area contributed by atoms with Crippen molar-refractivity contribution in [3.8, 4) is 0 Å². The van der Waals surface area contributed by atoms with Gasteiger partial charge in [0.05, 0.1) is 6.04 Å². The van der Waals surface area contributed by atoms with Gasteiger partial charge in [-0.3, -0.25) is 4.99 Å². The molecule has 1 heterocycles. The van der Waals surface area contributed by atoms with Crippen molar-refractivity contribution in [2.75, 3.05) is 0 Å². The van der Waals surface area contributed by atoms with Crippen LogP contribution in [0.15, 0.2) is 16.8 Å². The summed E-state index contributed by atoms with van der Waals surface area (Å²) in [5, 5.41) is 0. The van der Waals surface area contributed by atoms with Crippen LogP contribution in [0.5, 0.6) is 0 Å². The Labute approximate surface area is 84.6 Å². The highest BCUT2D eigenvalue weighted by atomic mass is 32.2. The molecule has 86 valence electrons. The molecule has 0 aliphatic carbocycles. The van der Waals surface area contributed by atoms with Crippen molar-refractivity contribution < 1.29 is 25.8 Å². The molecule has 0 saturated carbocycles. The zero-order valence-electron chi connectivity index (χ0n) is 7.65. The number of rotatable bonds is 2. The van der Waals surface area contributed by atoms with Crippen LogP contribution in [0, 0.1) is 0 Å². The first-order valence-electron chi connectivity index (χ1n) is 3.95. The lowest BCUT2D eigenvalue weighted by molar-refractivity contribution is -0.0522. The van der Waals surface area contributed by atoms with Crippen LogP contribution in [0.3, 0.4) is 0 Å². The van der Waals surface area contributed by atoms with Gasteiger partial charge in [0.15, 0.2) is 0 Å². The van der Waals surface area contributed by atoms with E-state index in [0.29, 0.717) is 0 Å². The highest BCUT2D eigenvalue weighted by Crippen LogP contribution is 2.27. The Morgan fingerprint density at radius 1 is 1.53 bits per heavy atom. The fourth-order valence-corrected chi connectivity index (χ4v) is 1.44. The second kappa shape index (κ2) is 3.84. The Hall–Kier alpha value is -1.05. The number of hydrogen-bond acceptors (Lipinski definition) is 4. The van der Waals surface area contributed by atoms with Crippen LogP contribution in [0.25, 0.3) is 0 Å². The zero-order valence-corrected chi connectivity index (χ0v) is 8.47. The van der Waals surface area contributed by atoms with E-state index in [1.807, 2.05) is 0 Å². The molecule has 1 aliphatic heterocycles. The fraction of sp³-hybridized carbons (Fsp3) is 0.571. The van der Waals surface area contributed by atoms with Gasteiger partial charge >= 0.3 is 15.6 Å². The molecule has 0 aromatic carbocycles. The van der Waals surface area contributed by atoms with Crippen molar-refractivity contribution in [3.63, 3.8) is 0 Å². The first-order chi connectivity index (χ1) is 6.72. The van der Waals surface area contributed by atoms with Crippen LogP contribution < -0.4 is 0 Å². The highest BCUT2D eigenvalue weighted by Gasteiger charge is 2.48. The van der Waals surface area contributed by atoms with Crippen LogP contribution in [0.2, 0.25) is 0 Å². The van der Waals surface area contributed by atoms with Crippen molar-refractivity contribution in [1.82, 2.24) is 0 Å². The van der Waals surface area contributed by atoms with E-state index in [0.717, 1.165) is 0 Å². The third-order valence-electron chi connectivity index (χ3n) is 1.56. The Bertz CT molecular complexity index is 396. The molecule has 0 saturated heterocycles. The van der Waals surface area contributed by atoms with Crippen LogP contribution >= 0.6 is 0 Å². The van der Waals surface area contributed by atoms with Crippen molar-refractivity contribution in [3.05, 3.63) is 11.8 Å². The summed E-state index contributed by atoms with van der Waals surface area (Å²) in [5.41, 5.74) is -5.40. The Balaban J connectivity index is 2.80. The van der Waals surface area contributed by atoms with Crippen LogP contribution in [0.4, 0.5) is 13.2 Å². The van der Waals surface area contributed by atoms with Gasteiger partial charge in [0, 0.05) is 12.6 Å². The van der Waals surface area contributed by atoms with Crippen LogP contribution in [-0.4, -0.2) is 26.2 Å². The quantitative estimate of drug-likeness (QED) is 0.546. The number of hydrogen-bond donors (Lipinski definition) is 0. The first kappa shape index (κ1) is 12.0. The molecule has 8 heteroatoms. The minimum absolute atomic E-state index is 0.0559. The predicted octanol–water partition coefficient (Wildman–Crippen LogP) is 1.60. The maximum Gasteiger partial charge on any atom is 0.534 e. The monoisotopic (exact) mass is 243 g/mol. The molecule has 0 N–H and O–H groups in total. The van der Waals surface area contributed by atoms with Gasteiger partial charge in [-0.05, 0) is 13.0 Å². The zero-order chi connectivity index (χ0) is 11.7. The summed E-state index contributed by atoms with van der Waals surface area (Å²) in [7, 11) is -5.55. The van der Waals surface area contributed by atoms with E-state index < -0.39 is 15.6 Å². The number of nitrogens with zero attached hydrogens (tertiary/aromatic N) is 1. The summed E-state index contributed by atoms with van der Waals surface area (Å²) < 4.78 is 60.9. The van der Waals surface area contributed by atoms with E-state index in [-0.39, 0.29) is 18.2 Å². The molecule has 1 aliphatic rings. The van der Waals surface area contributed by atoms with E-state index >= 15 is 0 Å². The molecule has 4 nitrogen and oxygen atoms in total. The molecule has 0 bridgehead atoms. The van der Waals surface area contributed by atoms with E-state index in [1.54, 1.807) is 6.92 Å². The lowest BCUT2D eigenvalue weighted by Gasteiger charge is -2.14. The molecular formula is C7H8F3NO3S. The number of aliphatic imine (C=N–C) groups is 1. The van der Waals surface area contributed by atoms with Gasteiger partial charge in [-0.15, -0.1) is 0 Å². The Kier molecular flexibility index (Phi) is 3.08. The third kappa shape index (κ3) is 2.95.